The number of rotatable bonds is 1. The van der Waals surface area contributed by atoms with Gasteiger partial charge in [-0.1, -0.05) is 6.08 Å². The maximum atomic E-state index is 9.61. The average molecular weight is 172 g/mol. The van der Waals surface area contributed by atoms with E-state index >= 15 is 0 Å². The molecule has 0 amide bonds. The number of allylic oxidation sites excluding steroid dienone is 1. The SMILES string of the molecule is C=C[C@H]1CC[C@@](C)(S)[C@H](O)C1. The van der Waals surface area contributed by atoms with E-state index in [4.69, 9.17) is 0 Å². The number of thiol groups is 1. The van der Waals surface area contributed by atoms with Crippen molar-refractivity contribution in [3.8, 4) is 0 Å². The lowest BCUT2D eigenvalue weighted by molar-refractivity contribution is 0.0831. The lowest BCUT2D eigenvalue weighted by Crippen LogP contribution is -2.39. The van der Waals surface area contributed by atoms with Gasteiger partial charge in [0.15, 0.2) is 0 Å². The summed E-state index contributed by atoms with van der Waals surface area (Å²) in [7, 11) is 0. The van der Waals surface area contributed by atoms with Gasteiger partial charge in [-0.25, -0.2) is 0 Å². The van der Waals surface area contributed by atoms with Crippen LogP contribution in [-0.4, -0.2) is 16.0 Å². The topological polar surface area (TPSA) is 20.2 Å². The zero-order valence-electron chi connectivity index (χ0n) is 6.95. The van der Waals surface area contributed by atoms with Gasteiger partial charge in [0.2, 0.25) is 0 Å². The molecule has 0 spiro atoms. The molecule has 0 radical (unpaired) electrons. The molecule has 1 fully saturated rings. The van der Waals surface area contributed by atoms with E-state index in [1.165, 1.54) is 0 Å². The summed E-state index contributed by atoms with van der Waals surface area (Å²) in [6, 6.07) is 0. The van der Waals surface area contributed by atoms with Crippen molar-refractivity contribution in [2.24, 2.45) is 5.92 Å². The second-order valence-electron chi connectivity index (χ2n) is 3.64. The van der Waals surface area contributed by atoms with Crippen LogP contribution in [-0.2, 0) is 0 Å². The first-order valence-corrected chi connectivity index (χ1v) is 4.54. The van der Waals surface area contributed by atoms with E-state index in [9.17, 15) is 5.11 Å². The highest BCUT2D eigenvalue weighted by atomic mass is 32.1. The molecule has 3 atom stereocenters. The van der Waals surface area contributed by atoms with Crippen molar-refractivity contribution in [1.82, 2.24) is 0 Å². The third kappa shape index (κ3) is 2.00. The third-order valence-corrected chi connectivity index (χ3v) is 3.12. The van der Waals surface area contributed by atoms with Crippen LogP contribution in [0, 0.1) is 5.92 Å². The van der Waals surface area contributed by atoms with Crippen LogP contribution in [0.2, 0.25) is 0 Å². The van der Waals surface area contributed by atoms with E-state index in [2.05, 4.69) is 19.2 Å². The quantitative estimate of drug-likeness (QED) is 0.458. The fourth-order valence-corrected chi connectivity index (χ4v) is 1.75. The highest BCUT2D eigenvalue weighted by Crippen LogP contribution is 2.36. The van der Waals surface area contributed by atoms with Crippen molar-refractivity contribution in [3.05, 3.63) is 12.7 Å². The van der Waals surface area contributed by atoms with Gasteiger partial charge in [-0.2, -0.15) is 12.6 Å². The maximum Gasteiger partial charge on any atom is 0.0687 e. The summed E-state index contributed by atoms with van der Waals surface area (Å²) in [5, 5.41) is 9.61. The molecule has 0 saturated heterocycles. The molecule has 0 unspecified atom stereocenters. The van der Waals surface area contributed by atoms with E-state index in [0.29, 0.717) is 5.92 Å². The molecule has 1 nitrogen and oxygen atoms in total. The Hall–Kier alpha value is 0.0500. The number of hydrogen-bond donors (Lipinski definition) is 2. The van der Waals surface area contributed by atoms with Crippen LogP contribution in [0.25, 0.3) is 0 Å². The zero-order chi connectivity index (χ0) is 8.48. The summed E-state index contributed by atoms with van der Waals surface area (Å²) in [5.74, 6) is 0.491. The molecule has 1 aliphatic rings. The Kier molecular flexibility index (Phi) is 2.66. The fraction of sp³-hybridized carbons (Fsp3) is 0.778. The van der Waals surface area contributed by atoms with E-state index < -0.39 is 0 Å². The molecule has 0 heterocycles. The van der Waals surface area contributed by atoms with Crippen LogP contribution in [0.3, 0.4) is 0 Å². The van der Waals surface area contributed by atoms with Crippen molar-refractivity contribution in [2.45, 2.75) is 37.0 Å². The number of aliphatic hydroxyl groups excluding tert-OH is 1. The molecule has 64 valence electrons. The van der Waals surface area contributed by atoms with Gasteiger partial charge < -0.3 is 5.11 Å². The molecule has 0 aliphatic heterocycles. The van der Waals surface area contributed by atoms with Crippen LogP contribution >= 0.6 is 12.6 Å². The normalized spacial score (nSPS) is 45.4. The standard InChI is InChI=1S/C9H16OS/c1-3-7-4-5-9(2,11)8(10)6-7/h3,7-8,10-11H,1,4-6H2,2H3/t7-,8+,9+/m0/s1. The summed E-state index contributed by atoms with van der Waals surface area (Å²) >= 11 is 4.41. The molecule has 1 aliphatic carbocycles. The number of hydrogen-bond acceptors (Lipinski definition) is 2. The monoisotopic (exact) mass is 172 g/mol. The van der Waals surface area contributed by atoms with Gasteiger partial charge in [0.05, 0.1) is 6.10 Å². The first-order chi connectivity index (χ1) is 5.06. The van der Waals surface area contributed by atoms with Gasteiger partial charge in [0, 0.05) is 4.75 Å². The van der Waals surface area contributed by atoms with Gasteiger partial charge in [0.25, 0.3) is 0 Å². The zero-order valence-corrected chi connectivity index (χ0v) is 7.85. The highest BCUT2D eigenvalue weighted by molar-refractivity contribution is 7.81. The Morgan fingerprint density at radius 3 is 2.82 bits per heavy atom. The maximum absolute atomic E-state index is 9.61. The first kappa shape index (κ1) is 9.14. The smallest absolute Gasteiger partial charge is 0.0687 e. The van der Waals surface area contributed by atoms with Gasteiger partial charge in [-0.3, -0.25) is 0 Å². The number of aliphatic hydroxyl groups is 1. The van der Waals surface area contributed by atoms with Crippen molar-refractivity contribution < 1.29 is 5.11 Å². The van der Waals surface area contributed by atoms with Crippen LogP contribution in [0.15, 0.2) is 12.7 Å². The molecular weight excluding hydrogens is 156 g/mol. The molecule has 1 rings (SSSR count). The van der Waals surface area contributed by atoms with Crippen molar-refractivity contribution >= 4 is 12.6 Å². The van der Waals surface area contributed by atoms with Crippen LogP contribution in [0.1, 0.15) is 26.2 Å². The lowest BCUT2D eigenvalue weighted by atomic mass is 9.80. The van der Waals surface area contributed by atoms with E-state index in [1.54, 1.807) is 0 Å². The van der Waals surface area contributed by atoms with Gasteiger partial charge in [-0.15, -0.1) is 6.58 Å². The van der Waals surface area contributed by atoms with Gasteiger partial charge in [-0.05, 0) is 32.1 Å². The Morgan fingerprint density at radius 2 is 2.36 bits per heavy atom. The molecule has 1 saturated carbocycles. The largest absolute Gasteiger partial charge is 0.392 e. The second kappa shape index (κ2) is 3.20. The van der Waals surface area contributed by atoms with E-state index in [-0.39, 0.29) is 10.9 Å². The summed E-state index contributed by atoms with van der Waals surface area (Å²) < 4.78 is -0.181. The Morgan fingerprint density at radius 1 is 1.73 bits per heavy atom. The summed E-state index contributed by atoms with van der Waals surface area (Å²) in [5.41, 5.74) is 0. The molecule has 2 heteroatoms. The molecule has 0 aromatic rings. The Labute approximate surface area is 73.9 Å². The van der Waals surface area contributed by atoms with Crippen molar-refractivity contribution in [3.63, 3.8) is 0 Å². The first-order valence-electron chi connectivity index (χ1n) is 4.09. The Balaban J connectivity index is 2.54. The molecule has 11 heavy (non-hydrogen) atoms. The minimum Gasteiger partial charge on any atom is -0.392 e. The van der Waals surface area contributed by atoms with Crippen LogP contribution in [0.4, 0.5) is 0 Å². The fourth-order valence-electron chi connectivity index (χ4n) is 1.52. The lowest BCUT2D eigenvalue weighted by Gasteiger charge is -2.37. The second-order valence-corrected chi connectivity index (χ2v) is 4.66. The molecule has 0 aromatic heterocycles. The summed E-state index contributed by atoms with van der Waals surface area (Å²) in [4.78, 5) is 0. The molecule has 0 bridgehead atoms. The van der Waals surface area contributed by atoms with Gasteiger partial charge >= 0.3 is 0 Å². The predicted octanol–water partition coefficient (Wildman–Crippen LogP) is 2.02. The minimum absolute atomic E-state index is 0.181. The van der Waals surface area contributed by atoms with Crippen molar-refractivity contribution in [2.75, 3.05) is 0 Å². The van der Waals surface area contributed by atoms with Crippen LogP contribution < -0.4 is 0 Å². The molecule has 0 aromatic carbocycles. The minimum atomic E-state index is -0.275. The summed E-state index contributed by atoms with van der Waals surface area (Å²) in [6.45, 7) is 5.73. The molecular formula is C9H16OS. The predicted molar refractivity (Wildman–Crippen MR) is 50.9 cm³/mol. The van der Waals surface area contributed by atoms with Gasteiger partial charge in [0.1, 0.15) is 0 Å². The van der Waals surface area contributed by atoms with E-state index in [1.807, 2.05) is 13.0 Å². The third-order valence-electron chi connectivity index (χ3n) is 2.60. The summed E-state index contributed by atoms with van der Waals surface area (Å²) in [6.07, 6.45) is 4.58. The highest BCUT2D eigenvalue weighted by Gasteiger charge is 2.34. The van der Waals surface area contributed by atoms with E-state index in [0.717, 1.165) is 19.3 Å². The molecule has 1 N–H and O–H groups in total. The van der Waals surface area contributed by atoms with Crippen molar-refractivity contribution in [1.29, 1.82) is 0 Å². The Bertz CT molecular complexity index is 154. The average Bonchev–Trinajstić information content (AvgIpc) is 1.95. The van der Waals surface area contributed by atoms with Crippen LogP contribution in [0.5, 0.6) is 0 Å².